The summed E-state index contributed by atoms with van der Waals surface area (Å²) in [5.41, 5.74) is 5.51. The Hall–Kier alpha value is -2.37. The normalized spacial score (nSPS) is 10.4. The Bertz CT molecular complexity index is 651. The van der Waals surface area contributed by atoms with E-state index in [2.05, 4.69) is 5.48 Å². The maximum absolute atomic E-state index is 11.9. The molecule has 2 aromatic carbocycles. The van der Waals surface area contributed by atoms with Crippen molar-refractivity contribution in [3.63, 3.8) is 0 Å². The van der Waals surface area contributed by atoms with Crippen LogP contribution in [0.25, 0.3) is 11.1 Å². The molecule has 116 valence electrons. The molecule has 2 rings (SSSR count). The molecule has 0 aliphatic rings. The number of rotatable bonds is 5. The van der Waals surface area contributed by atoms with Crippen LogP contribution in [0.4, 0.5) is 0 Å². The van der Waals surface area contributed by atoms with Crippen molar-refractivity contribution in [1.82, 2.24) is 10.4 Å². The van der Waals surface area contributed by atoms with Gasteiger partial charge in [0.05, 0.1) is 7.11 Å². The van der Waals surface area contributed by atoms with Gasteiger partial charge in [0.15, 0.2) is 0 Å². The second-order valence-corrected chi connectivity index (χ2v) is 5.11. The predicted octanol–water partition coefficient (Wildman–Crippen LogP) is 2.54. The fraction of sp³-hybridized carbons (Fsp3) is 0.235. The summed E-state index contributed by atoms with van der Waals surface area (Å²) in [6.07, 6.45) is 0. The molecule has 0 radical (unpaired) electrons. The lowest BCUT2D eigenvalue weighted by Crippen LogP contribution is -2.21. The van der Waals surface area contributed by atoms with Crippen molar-refractivity contribution in [3.05, 3.63) is 53.6 Å². The standard InChI is InChI=1S/C17H20N2O3/c1-19(2)17(20)13-9-7-12(8-10-13)15-6-4-5-14(11-18-21)16(15)22-3/h4-10,18,21H,11H2,1-3H3. The molecule has 0 aromatic heterocycles. The zero-order chi connectivity index (χ0) is 16.1. The van der Waals surface area contributed by atoms with Gasteiger partial charge in [-0.15, -0.1) is 0 Å². The number of hydrogen-bond donors (Lipinski definition) is 2. The van der Waals surface area contributed by atoms with E-state index in [-0.39, 0.29) is 5.91 Å². The highest BCUT2D eigenvalue weighted by molar-refractivity contribution is 5.94. The summed E-state index contributed by atoms with van der Waals surface area (Å²) in [6, 6.07) is 13.1. The molecule has 0 aliphatic heterocycles. The molecule has 2 N–H and O–H groups in total. The van der Waals surface area contributed by atoms with Gasteiger partial charge in [-0.25, -0.2) is 5.48 Å². The SMILES string of the molecule is COc1c(CNO)cccc1-c1ccc(C(=O)N(C)C)cc1. The third kappa shape index (κ3) is 3.27. The maximum Gasteiger partial charge on any atom is 0.253 e. The molecule has 0 bridgehead atoms. The van der Waals surface area contributed by atoms with Crippen LogP contribution in [0.5, 0.6) is 5.75 Å². The number of para-hydroxylation sites is 1. The molecule has 1 amide bonds. The predicted molar refractivity (Wildman–Crippen MR) is 85.1 cm³/mol. The van der Waals surface area contributed by atoms with Crippen molar-refractivity contribution in [1.29, 1.82) is 0 Å². The average molecular weight is 300 g/mol. The Morgan fingerprint density at radius 1 is 1.18 bits per heavy atom. The van der Waals surface area contributed by atoms with E-state index in [1.54, 1.807) is 38.2 Å². The Kier molecular flexibility index (Phi) is 5.14. The Labute approximate surface area is 130 Å². The van der Waals surface area contributed by atoms with Crippen LogP contribution in [0, 0.1) is 0 Å². The summed E-state index contributed by atoms with van der Waals surface area (Å²) in [5.74, 6) is 0.674. The molecule has 0 heterocycles. The highest BCUT2D eigenvalue weighted by Crippen LogP contribution is 2.33. The van der Waals surface area contributed by atoms with E-state index >= 15 is 0 Å². The van der Waals surface area contributed by atoms with Crippen molar-refractivity contribution in [2.75, 3.05) is 21.2 Å². The largest absolute Gasteiger partial charge is 0.496 e. The number of nitrogens with one attached hydrogen (secondary N) is 1. The summed E-state index contributed by atoms with van der Waals surface area (Å²) in [7, 11) is 5.05. The molecule has 0 unspecified atom stereocenters. The lowest BCUT2D eigenvalue weighted by Gasteiger charge is -2.14. The molecule has 5 heteroatoms. The van der Waals surface area contributed by atoms with Gasteiger partial charge in [-0.05, 0) is 17.7 Å². The van der Waals surface area contributed by atoms with Gasteiger partial charge in [0, 0.05) is 37.3 Å². The van der Waals surface area contributed by atoms with Gasteiger partial charge in [0.1, 0.15) is 5.75 Å². The van der Waals surface area contributed by atoms with Crippen LogP contribution in [0.2, 0.25) is 0 Å². The van der Waals surface area contributed by atoms with Crippen LogP contribution >= 0.6 is 0 Å². The summed E-state index contributed by atoms with van der Waals surface area (Å²) in [5, 5.41) is 8.90. The Morgan fingerprint density at radius 2 is 1.86 bits per heavy atom. The minimum absolute atomic E-state index is 0.0308. The summed E-state index contributed by atoms with van der Waals surface area (Å²) in [6.45, 7) is 0.300. The second kappa shape index (κ2) is 7.06. The van der Waals surface area contributed by atoms with Crippen molar-refractivity contribution in [2.45, 2.75) is 6.54 Å². The lowest BCUT2D eigenvalue weighted by atomic mass is 10.00. The van der Waals surface area contributed by atoms with Gasteiger partial charge in [0.2, 0.25) is 0 Å². The van der Waals surface area contributed by atoms with E-state index in [1.807, 2.05) is 30.3 Å². The highest BCUT2D eigenvalue weighted by Gasteiger charge is 2.12. The molecule has 22 heavy (non-hydrogen) atoms. The fourth-order valence-electron chi connectivity index (χ4n) is 2.33. The smallest absolute Gasteiger partial charge is 0.253 e. The topological polar surface area (TPSA) is 61.8 Å². The zero-order valence-electron chi connectivity index (χ0n) is 13.0. The quantitative estimate of drug-likeness (QED) is 0.833. The average Bonchev–Trinajstić information content (AvgIpc) is 2.54. The first-order valence-electron chi connectivity index (χ1n) is 6.93. The number of ether oxygens (including phenoxy) is 1. The van der Waals surface area contributed by atoms with Crippen LogP contribution in [-0.4, -0.2) is 37.2 Å². The molecular weight excluding hydrogens is 280 g/mol. The van der Waals surface area contributed by atoms with Gasteiger partial charge < -0.3 is 14.8 Å². The number of methoxy groups -OCH3 is 1. The first-order chi connectivity index (χ1) is 10.6. The van der Waals surface area contributed by atoms with Gasteiger partial charge in [-0.1, -0.05) is 30.3 Å². The molecule has 0 aliphatic carbocycles. The number of benzene rings is 2. The van der Waals surface area contributed by atoms with Crippen molar-refractivity contribution in [3.8, 4) is 16.9 Å². The summed E-state index contributed by atoms with van der Waals surface area (Å²) >= 11 is 0. The van der Waals surface area contributed by atoms with E-state index in [1.165, 1.54) is 0 Å². The molecule has 0 fully saturated rings. The minimum Gasteiger partial charge on any atom is -0.496 e. The van der Waals surface area contributed by atoms with E-state index in [0.29, 0.717) is 17.9 Å². The minimum atomic E-state index is -0.0308. The summed E-state index contributed by atoms with van der Waals surface area (Å²) < 4.78 is 5.47. The Morgan fingerprint density at radius 3 is 2.41 bits per heavy atom. The van der Waals surface area contributed by atoms with Crippen LogP contribution in [0.15, 0.2) is 42.5 Å². The van der Waals surface area contributed by atoms with Crippen molar-refractivity contribution < 1.29 is 14.7 Å². The molecule has 2 aromatic rings. The molecule has 0 spiro atoms. The first kappa shape index (κ1) is 16.0. The van der Waals surface area contributed by atoms with E-state index in [4.69, 9.17) is 9.94 Å². The third-order valence-electron chi connectivity index (χ3n) is 3.42. The second-order valence-electron chi connectivity index (χ2n) is 5.11. The first-order valence-corrected chi connectivity index (χ1v) is 6.93. The van der Waals surface area contributed by atoms with Gasteiger partial charge in [-0.3, -0.25) is 4.79 Å². The number of nitrogens with zero attached hydrogens (tertiary/aromatic N) is 1. The van der Waals surface area contributed by atoms with Gasteiger partial charge in [-0.2, -0.15) is 0 Å². The molecule has 0 atom stereocenters. The highest BCUT2D eigenvalue weighted by atomic mass is 16.5. The Balaban J connectivity index is 2.40. The zero-order valence-corrected chi connectivity index (χ0v) is 13.0. The summed E-state index contributed by atoms with van der Waals surface area (Å²) in [4.78, 5) is 13.5. The molecule has 0 saturated heterocycles. The number of amides is 1. The number of hydroxylamine groups is 1. The van der Waals surface area contributed by atoms with E-state index < -0.39 is 0 Å². The number of hydrogen-bond acceptors (Lipinski definition) is 4. The fourth-order valence-corrected chi connectivity index (χ4v) is 2.33. The number of carbonyl (C=O) groups is 1. The van der Waals surface area contributed by atoms with Crippen LogP contribution < -0.4 is 10.2 Å². The lowest BCUT2D eigenvalue weighted by molar-refractivity contribution is 0.0827. The van der Waals surface area contributed by atoms with Crippen LogP contribution in [0.1, 0.15) is 15.9 Å². The monoisotopic (exact) mass is 300 g/mol. The van der Waals surface area contributed by atoms with Gasteiger partial charge >= 0.3 is 0 Å². The van der Waals surface area contributed by atoms with Crippen molar-refractivity contribution in [2.24, 2.45) is 0 Å². The molecule has 0 saturated carbocycles. The number of carbonyl (C=O) groups excluding carboxylic acids is 1. The van der Waals surface area contributed by atoms with E-state index in [0.717, 1.165) is 16.7 Å². The van der Waals surface area contributed by atoms with Crippen LogP contribution in [-0.2, 0) is 6.54 Å². The van der Waals surface area contributed by atoms with Crippen molar-refractivity contribution >= 4 is 5.91 Å². The third-order valence-corrected chi connectivity index (χ3v) is 3.42. The maximum atomic E-state index is 11.9. The van der Waals surface area contributed by atoms with E-state index in [9.17, 15) is 4.79 Å². The van der Waals surface area contributed by atoms with Crippen LogP contribution in [0.3, 0.4) is 0 Å². The molecular formula is C17H20N2O3. The molecule has 5 nitrogen and oxygen atoms in total. The van der Waals surface area contributed by atoms with Gasteiger partial charge in [0.25, 0.3) is 5.91 Å².